The minimum atomic E-state index is -0.270. The van der Waals surface area contributed by atoms with E-state index in [4.69, 9.17) is 46.9 Å². The maximum atomic E-state index is 6.98. The van der Waals surface area contributed by atoms with Gasteiger partial charge >= 0.3 is 0 Å². The summed E-state index contributed by atoms with van der Waals surface area (Å²) in [6, 6.07) is 30.6. The van der Waals surface area contributed by atoms with E-state index in [9.17, 15) is 0 Å². The summed E-state index contributed by atoms with van der Waals surface area (Å²) in [5, 5.41) is 0.556. The van der Waals surface area contributed by atoms with Crippen LogP contribution < -0.4 is 9.47 Å². The normalized spacial score (nSPS) is 18.1. The summed E-state index contributed by atoms with van der Waals surface area (Å²) in [6.45, 7) is 4.44. The molecule has 5 nitrogen and oxygen atoms in total. The van der Waals surface area contributed by atoms with E-state index in [1.807, 2.05) is 55.5 Å². The molecular formula is C37H39BrCl2O5. The first kappa shape index (κ1) is 33.8. The molecule has 0 N–H and O–H groups in total. The minimum absolute atomic E-state index is 0.0290. The molecule has 1 heterocycles. The second kappa shape index (κ2) is 17.4. The lowest BCUT2D eigenvalue weighted by Crippen LogP contribution is -2.36. The highest BCUT2D eigenvalue weighted by atomic mass is 79.9. The number of hydrogen-bond donors (Lipinski definition) is 0. The molecule has 4 aromatic carbocycles. The lowest BCUT2D eigenvalue weighted by atomic mass is 9.93. The molecule has 1 saturated heterocycles. The number of alkyl halides is 1. The van der Waals surface area contributed by atoms with Crippen LogP contribution in [0, 0.1) is 0 Å². The van der Waals surface area contributed by atoms with Crippen molar-refractivity contribution in [1.29, 1.82) is 0 Å². The van der Waals surface area contributed by atoms with Gasteiger partial charge in [0.15, 0.2) is 5.75 Å². The third-order valence-electron chi connectivity index (χ3n) is 7.67. The monoisotopic (exact) mass is 712 g/mol. The molecule has 4 aromatic rings. The number of halogens is 3. The Morgan fingerprint density at radius 1 is 0.844 bits per heavy atom. The summed E-state index contributed by atoms with van der Waals surface area (Å²) in [6.07, 6.45) is 1.58. The van der Waals surface area contributed by atoms with Crippen LogP contribution in [-0.4, -0.2) is 37.9 Å². The SMILES string of the molecule is CCOc1ccc(Cc2cc(C3CC(OCc4ccccc4)CC(COCc4ccccc4)O3)c(Br)c(OCCCl)c2Cl)cc1. The molecule has 0 amide bonds. The van der Waals surface area contributed by atoms with Gasteiger partial charge in [0.25, 0.3) is 0 Å². The summed E-state index contributed by atoms with van der Waals surface area (Å²) < 4.78 is 31.9. The van der Waals surface area contributed by atoms with Gasteiger partial charge in [-0.05, 0) is 75.3 Å². The fourth-order valence-electron chi connectivity index (χ4n) is 5.49. The highest BCUT2D eigenvalue weighted by Gasteiger charge is 2.34. The van der Waals surface area contributed by atoms with Crippen LogP contribution in [0.25, 0.3) is 0 Å². The van der Waals surface area contributed by atoms with Crippen molar-refractivity contribution in [3.63, 3.8) is 0 Å². The maximum Gasteiger partial charge on any atom is 0.152 e. The van der Waals surface area contributed by atoms with Crippen LogP contribution in [-0.2, 0) is 33.8 Å². The molecule has 238 valence electrons. The van der Waals surface area contributed by atoms with Crippen LogP contribution in [0.3, 0.4) is 0 Å². The van der Waals surface area contributed by atoms with Crippen LogP contribution in [0.2, 0.25) is 5.02 Å². The zero-order chi connectivity index (χ0) is 31.4. The highest BCUT2D eigenvalue weighted by molar-refractivity contribution is 9.10. The molecule has 0 spiro atoms. The maximum absolute atomic E-state index is 6.98. The third-order valence-corrected chi connectivity index (χ3v) is 9.05. The summed E-state index contributed by atoms with van der Waals surface area (Å²) in [4.78, 5) is 0. The smallest absolute Gasteiger partial charge is 0.152 e. The van der Waals surface area contributed by atoms with Gasteiger partial charge in [0.05, 0.1) is 60.1 Å². The zero-order valence-electron chi connectivity index (χ0n) is 25.4. The molecule has 0 saturated carbocycles. The molecule has 3 atom stereocenters. The largest absolute Gasteiger partial charge is 0.494 e. The summed E-state index contributed by atoms with van der Waals surface area (Å²) >= 11 is 16.8. The van der Waals surface area contributed by atoms with E-state index in [-0.39, 0.29) is 18.3 Å². The van der Waals surface area contributed by atoms with E-state index >= 15 is 0 Å². The summed E-state index contributed by atoms with van der Waals surface area (Å²) in [7, 11) is 0. The van der Waals surface area contributed by atoms with Gasteiger partial charge in [-0.3, -0.25) is 0 Å². The molecule has 1 fully saturated rings. The third kappa shape index (κ3) is 9.71. The second-order valence-corrected chi connectivity index (χ2v) is 12.6. The van der Waals surface area contributed by atoms with Gasteiger partial charge in [0, 0.05) is 12.8 Å². The summed E-state index contributed by atoms with van der Waals surface area (Å²) in [5.74, 6) is 1.76. The molecule has 0 aromatic heterocycles. The molecule has 1 aliphatic heterocycles. The van der Waals surface area contributed by atoms with Crippen molar-refractivity contribution >= 4 is 39.1 Å². The molecule has 8 heteroatoms. The second-order valence-electron chi connectivity index (χ2n) is 11.0. The van der Waals surface area contributed by atoms with E-state index in [1.165, 1.54) is 0 Å². The Morgan fingerprint density at radius 3 is 2.20 bits per heavy atom. The van der Waals surface area contributed by atoms with Crippen LogP contribution in [0.5, 0.6) is 11.5 Å². The number of rotatable bonds is 15. The molecular weight excluding hydrogens is 675 g/mol. The number of hydrogen-bond acceptors (Lipinski definition) is 5. The predicted octanol–water partition coefficient (Wildman–Crippen LogP) is 9.73. The molecule has 1 aliphatic rings. The van der Waals surface area contributed by atoms with Crippen molar-refractivity contribution in [1.82, 2.24) is 0 Å². The standard InChI is InChI=1S/C37H39BrCl2O5/c1-2-42-30-15-13-26(14-16-30)19-29-20-33(35(38)37(36(29)40)43-18-17-39)34-22-31(44-24-28-11-7-4-8-12-28)21-32(45-34)25-41-23-27-9-5-3-6-10-27/h3-16,20,31-32,34H,2,17-19,21-25H2,1H3. The fraction of sp³-hybridized carbons (Fsp3) is 0.351. The molecule has 0 aliphatic carbocycles. The Kier molecular flexibility index (Phi) is 13.0. The van der Waals surface area contributed by atoms with Gasteiger partial charge in [-0.25, -0.2) is 0 Å². The average Bonchev–Trinajstić information content (AvgIpc) is 3.07. The highest BCUT2D eigenvalue weighted by Crippen LogP contribution is 2.45. The van der Waals surface area contributed by atoms with Gasteiger partial charge in [-0.15, -0.1) is 11.6 Å². The molecule has 3 unspecified atom stereocenters. The van der Waals surface area contributed by atoms with Crippen molar-refractivity contribution in [2.24, 2.45) is 0 Å². The zero-order valence-corrected chi connectivity index (χ0v) is 28.5. The Labute approximate surface area is 284 Å². The van der Waals surface area contributed by atoms with Gasteiger partial charge in [0.2, 0.25) is 0 Å². The number of benzene rings is 4. The van der Waals surface area contributed by atoms with E-state index in [2.05, 4.69) is 58.4 Å². The minimum Gasteiger partial charge on any atom is -0.494 e. The Morgan fingerprint density at radius 2 is 1.53 bits per heavy atom. The molecule has 0 radical (unpaired) electrons. The van der Waals surface area contributed by atoms with Crippen molar-refractivity contribution in [3.05, 3.63) is 128 Å². The Balaban J connectivity index is 1.40. The topological polar surface area (TPSA) is 46.2 Å². The van der Waals surface area contributed by atoms with Gasteiger partial charge < -0.3 is 23.7 Å². The average molecular weight is 715 g/mol. The first-order valence-electron chi connectivity index (χ1n) is 15.4. The molecule has 45 heavy (non-hydrogen) atoms. The molecule has 5 rings (SSSR count). The van der Waals surface area contributed by atoms with Gasteiger partial charge in [0.1, 0.15) is 12.4 Å². The lowest BCUT2D eigenvalue weighted by Gasteiger charge is -2.36. The van der Waals surface area contributed by atoms with Crippen molar-refractivity contribution in [3.8, 4) is 11.5 Å². The van der Waals surface area contributed by atoms with Crippen molar-refractivity contribution in [2.75, 3.05) is 25.7 Å². The first-order valence-corrected chi connectivity index (χ1v) is 17.1. The van der Waals surface area contributed by atoms with Crippen molar-refractivity contribution in [2.45, 2.75) is 57.7 Å². The van der Waals surface area contributed by atoms with E-state index < -0.39 is 0 Å². The van der Waals surface area contributed by atoms with E-state index in [0.717, 1.165) is 44.5 Å². The van der Waals surface area contributed by atoms with Crippen LogP contribution >= 0.6 is 39.1 Å². The Bertz CT molecular complexity index is 1470. The summed E-state index contributed by atoms with van der Waals surface area (Å²) in [5.41, 5.74) is 5.28. The lowest BCUT2D eigenvalue weighted by molar-refractivity contribution is -0.142. The molecule has 0 bridgehead atoms. The van der Waals surface area contributed by atoms with Gasteiger partial charge in [-0.2, -0.15) is 0 Å². The van der Waals surface area contributed by atoms with E-state index in [1.54, 1.807) is 0 Å². The van der Waals surface area contributed by atoms with Crippen LogP contribution in [0.1, 0.15) is 53.7 Å². The van der Waals surface area contributed by atoms with Gasteiger partial charge in [-0.1, -0.05) is 84.4 Å². The van der Waals surface area contributed by atoms with Crippen LogP contribution in [0.15, 0.2) is 95.5 Å². The Hall–Kier alpha value is -2.58. The fourth-order valence-corrected chi connectivity index (χ4v) is 6.64. The number of ether oxygens (including phenoxy) is 5. The quantitative estimate of drug-likeness (QED) is 0.115. The van der Waals surface area contributed by atoms with Crippen molar-refractivity contribution < 1.29 is 23.7 Å². The first-order chi connectivity index (χ1) is 22.0. The predicted molar refractivity (Wildman–Crippen MR) is 184 cm³/mol. The van der Waals surface area contributed by atoms with E-state index in [0.29, 0.717) is 62.5 Å². The van der Waals surface area contributed by atoms with Crippen LogP contribution in [0.4, 0.5) is 0 Å².